The number of fused-ring (bicyclic) bond motifs is 1. The molecule has 2 aromatic carbocycles. The van der Waals surface area contributed by atoms with Crippen LogP contribution in [0, 0.1) is 0 Å². The maximum Gasteiger partial charge on any atom is 0.255 e. The van der Waals surface area contributed by atoms with Crippen molar-refractivity contribution >= 4 is 10.8 Å². The third-order valence-electron chi connectivity index (χ3n) is 3.46. The molecule has 0 fully saturated rings. The maximum absolute atomic E-state index is 11.9. The predicted octanol–water partition coefficient (Wildman–Crippen LogP) is 3.21. The van der Waals surface area contributed by atoms with Crippen LogP contribution in [0.5, 0.6) is 11.5 Å². The van der Waals surface area contributed by atoms with E-state index < -0.39 is 0 Å². The Morgan fingerprint density at radius 3 is 2.24 bits per heavy atom. The van der Waals surface area contributed by atoms with Crippen LogP contribution >= 0.6 is 0 Å². The molecule has 0 amide bonds. The molecule has 0 radical (unpaired) electrons. The summed E-state index contributed by atoms with van der Waals surface area (Å²) in [5.41, 5.74) is 1.79. The van der Waals surface area contributed by atoms with Crippen molar-refractivity contribution in [1.82, 2.24) is 4.98 Å². The Morgan fingerprint density at radius 1 is 0.857 bits per heavy atom. The first-order valence-electron chi connectivity index (χ1n) is 6.56. The Labute approximate surface area is 122 Å². The van der Waals surface area contributed by atoms with Gasteiger partial charge in [0, 0.05) is 17.6 Å². The maximum atomic E-state index is 11.9. The van der Waals surface area contributed by atoms with E-state index in [1.54, 1.807) is 20.4 Å². The van der Waals surface area contributed by atoms with E-state index in [4.69, 9.17) is 9.47 Å². The van der Waals surface area contributed by atoms with Crippen LogP contribution in [-0.2, 0) is 0 Å². The highest BCUT2D eigenvalue weighted by atomic mass is 16.5. The fraction of sp³-hybridized carbons (Fsp3) is 0.118. The Balaban J connectivity index is 2.20. The molecule has 0 aliphatic rings. The smallest absolute Gasteiger partial charge is 0.255 e. The van der Waals surface area contributed by atoms with Gasteiger partial charge in [-0.1, -0.05) is 12.1 Å². The van der Waals surface area contributed by atoms with Crippen LogP contribution in [0.3, 0.4) is 0 Å². The molecule has 0 bridgehead atoms. The number of ether oxygens (including phenoxy) is 2. The lowest BCUT2D eigenvalue weighted by Crippen LogP contribution is -2.04. The number of pyridine rings is 1. The minimum Gasteiger partial charge on any atom is -0.497 e. The first kappa shape index (κ1) is 13.2. The number of benzene rings is 2. The van der Waals surface area contributed by atoms with Crippen molar-refractivity contribution in [3.05, 3.63) is 59.0 Å². The minimum absolute atomic E-state index is 0.0933. The van der Waals surface area contributed by atoms with E-state index in [2.05, 4.69) is 4.98 Å². The van der Waals surface area contributed by atoms with Crippen LogP contribution in [0.2, 0.25) is 0 Å². The van der Waals surface area contributed by atoms with Crippen LogP contribution in [-0.4, -0.2) is 19.2 Å². The molecule has 0 saturated carbocycles. The fourth-order valence-electron chi connectivity index (χ4n) is 2.34. The summed E-state index contributed by atoms with van der Waals surface area (Å²) >= 11 is 0. The molecule has 0 aliphatic carbocycles. The number of H-pyrrole nitrogens is 1. The number of hydrogen-bond acceptors (Lipinski definition) is 3. The summed E-state index contributed by atoms with van der Waals surface area (Å²) in [7, 11) is 3.23. The summed E-state index contributed by atoms with van der Waals surface area (Å²) in [6.45, 7) is 0. The van der Waals surface area contributed by atoms with Crippen molar-refractivity contribution in [2.75, 3.05) is 14.2 Å². The topological polar surface area (TPSA) is 51.3 Å². The van der Waals surface area contributed by atoms with Gasteiger partial charge in [0.15, 0.2) is 0 Å². The monoisotopic (exact) mass is 281 g/mol. The molecule has 3 rings (SSSR count). The average Bonchev–Trinajstić information content (AvgIpc) is 2.54. The normalized spacial score (nSPS) is 10.6. The van der Waals surface area contributed by atoms with Crippen LogP contribution in [0.15, 0.2) is 53.5 Å². The largest absolute Gasteiger partial charge is 0.497 e. The zero-order valence-corrected chi connectivity index (χ0v) is 11.8. The highest BCUT2D eigenvalue weighted by molar-refractivity contribution is 5.86. The van der Waals surface area contributed by atoms with Crippen LogP contribution < -0.4 is 15.0 Å². The molecule has 0 aliphatic heterocycles. The van der Waals surface area contributed by atoms with Crippen molar-refractivity contribution in [3.8, 4) is 22.6 Å². The van der Waals surface area contributed by atoms with Crippen molar-refractivity contribution < 1.29 is 9.47 Å². The molecule has 1 heterocycles. The SMILES string of the molecule is COc1cc(OC)cc(-c2ccc3cc[nH]c(=O)c3c2)c1. The zero-order valence-electron chi connectivity index (χ0n) is 11.8. The van der Waals surface area contributed by atoms with E-state index >= 15 is 0 Å². The van der Waals surface area contributed by atoms with E-state index in [0.29, 0.717) is 16.9 Å². The van der Waals surface area contributed by atoms with Crippen molar-refractivity contribution in [2.24, 2.45) is 0 Å². The third kappa shape index (κ3) is 2.48. The predicted molar refractivity (Wildman–Crippen MR) is 83.1 cm³/mol. The molecule has 4 heteroatoms. The lowest BCUT2D eigenvalue weighted by atomic mass is 10.0. The van der Waals surface area contributed by atoms with Crippen LogP contribution in [0.4, 0.5) is 0 Å². The molecule has 4 nitrogen and oxygen atoms in total. The van der Waals surface area contributed by atoms with Crippen LogP contribution in [0.1, 0.15) is 0 Å². The van der Waals surface area contributed by atoms with Gasteiger partial charge >= 0.3 is 0 Å². The van der Waals surface area contributed by atoms with Gasteiger partial charge in [0.2, 0.25) is 0 Å². The number of methoxy groups -OCH3 is 2. The van der Waals surface area contributed by atoms with Gasteiger partial charge in [0.25, 0.3) is 5.56 Å². The average molecular weight is 281 g/mol. The van der Waals surface area contributed by atoms with Crippen molar-refractivity contribution in [2.45, 2.75) is 0 Å². The number of aromatic nitrogens is 1. The number of rotatable bonds is 3. The van der Waals surface area contributed by atoms with Gasteiger partial charge in [0.05, 0.1) is 14.2 Å². The Bertz CT molecular complexity index is 830. The standard InChI is InChI=1S/C17H15NO3/c1-20-14-7-13(8-15(10-14)21-2)12-4-3-11-5-6-18-17(19)16(11)9-12/h3-10H,1-2H3,(H,18,19). The molecule has 106 valence electrons. The minimum atomic E-state index is -0.0933. The summed E-state index contributed by atoms with van der Waals surface area (Å²) in [6.07, 6.45) is 1.65. The lowest BCUT2D eigenvalue weighted by molar-refractivity contribution is 0.394. The second-order valence-electron chi connectivity index (χ2n) is 4.71. The van der Waals surface area contributed by atoms with Crippen molar-refractivity contribution in [3.63, 3.8) is 0 Å². The summed E-state index contributed by atoms with van der Waals surface area (Å²) in [4.78, 5) is 14.6. The van der Waals surface area contributed by atoms with Gasteiger partial charge in [0.1, 0.15) is 11.5 Å². The van der Waals surface area contributed by atoms with Gasteiger partial charge < -0.3 is 14.5 Å². The van der Waals surface area contributed by atoms with E-state index in [1.807, 2.05) is 42.5 Å². The van der Waals surface area contributed by atoms with E-state index in [0.717, 1.165) is 16.5 Å². The highest BCUT2D eigenvalue weighted by Gasteiger charge is 2.06. The molecule has 1 aromatic heterocycles. The number of aromatic amines is 1. The van der Waals surface area contributed by atoms with E-state index in [9.17, 15) is 4.79 Å². The Kier molecular flexibility index (Phi) is 3.36. The highest BCUT2D eigenvalue weighted by Crippen LogP contribution is 2.30. The molecular formula is C17H15NO3. The summed E-state index contributed by atoms with van der Waals surface area (Å²) in [5, 5.41) is 1.58. The molecule has 0 unspecified atom stereocenters. The quantitative estimate of drug-likeness (QED) is 0.802. The van der Waals surface area contributed by atoms with Gasteiger partial charge in [-0.25, -0.2) is 0 Å². The number of hydrogen-bond donors (Lipinski definition) is 1. The first-order valence-corrected chi connectivity index (χ1v) is 6.56. The molecule has 0 spiro atoms. The Morgan fingerprint density at radius 2 is 1.57 bits per heavy atom. The van der Waals surface area contributed by atoms with Crippen molar-refractivity contribution in [1.29, 1.82) is 0 Å². The van der Waals surface area contributed by atoms with Crippen LogP contribution in [0.25, 0.3) is 21.9 Å². The molecule has 21 heavy (non-hydrogen) atoms. The number of nitrogens with one attached hydrogen (secondary N) is 1. The summed E-state index contributed by atoms with van der Waals surface area (Å²) in [5.74, 6) is 1.43. The summed E-state index contributed by atoms with van der Waals surface area (Å²) < 4.78 is 10.6. The molecular weight excluding hydrogens is 266 g/mol. The molecule has 0 saturated heterocycles. The Hall–Kier alpha value is -2.75. The second kappa shape index (κ2) is 5.32. The van der Waals surface area contributed by atoms with E-state index in [1.165, 1.54) is 0 Å². The van der Waals surface area contributed by atoms with E-state index in [-0.39, 0.29) is 5.56 Å². The van der Waals surface area contributed by atoms with Gasteiger partial charge in [-0.05, 0) is 40.8 Å². The lowest BCUT2D eigenvalue weighted by Gasteiger charge is -2.09. The fourth-order valence-corrected chi connectivity index (χ4v) is 2.34. The first-order chi connectivity index (χ1) is 10.2. The van der Waals surface area contributed by atoms with Gasteiger partial charge in [-0.3, -0.25) is 4.79 Å². The molecule has 1 N–H and O–H groups in total. The van der Waals surface area contributed by atoms with Gasteiger partial charge in [-0.15, -0.1) is 0 Å². The second-order valence-corrected chi connectivity index (χ2v) is 4.71. The third-order valence-corrected chi connectivity index (χ3v) is 3.46. The van der Waals surface area contributed by atoms with Gasteiger partial charge in [-0.2, -0.15) is 0 Å². The molecule has 0 atom stereocenters. The zero-order chi connectivity index (χ0) is 14.8. The summed E-state index contributed by atoms with van der Waals surface area (Å²) in [6, 6.07) is 13.3. The molecule has 3 aromatic rings.